The Morgan fingerprint density at radius 3 is 2.72 bits per heavy atom. The summed E-state index contributed by atoms with van der Waals surface area (Å²) in [5.41, 5.74) is 1.05. The van der Waals surface area contributed by atoms with Crippen molar-refractivity contribution in [3.63, 3.8) is 0 Å². The van der Waals surface area contributed by atoms with Gasteiger partial charge in [0.25, 0.3) is 0 Å². The van der Waals surface area contributed by atoms with Crippen molar-refractivity contribution in [2.45, 2.75) is 45.6 Å². The molecule has 0 atom stereocenters. The van der Waals surface area contributed by atoms with Crippen LogP contribution in [0.1, 0.15) is 39.5 Å². The summed E-state index contributed by atoms with van der Waals surface area (Å²) < 4.78 is 0. The number of aromatic nitrogens is 1. The predicted molar refractivity (Wildman–Crippen MR) is 70.6 cm³/mol. The lowest BCUT2D eigenvalue weighted by Gasteiger charge is -2.34. The number of nitrogens with zero attached hydrogens (tertiary/aromatic N) is 2. The lowest BCUT2D eigenvalue weighted by atomic mass is 9.75. The number of hydrogen-bond donors (Lipinski definition) is 1. The fourth-order valence-electron chi connectivity index (χ4n) is 2.42. The van der Waals surface area contributed by atoms with E-state index in [1.54, 1.807) is 12.3 Å². The summed E-state index contributed by atoms with van der Waals surface area (Å²) in [6.07, 6.45) is 7.32. The van der Waals surface area contributed by atoms with Gasteiger partial charge in [-0.25, -0.2) is 0 Å². The summed E-state index contributed by atoms with van der Waals surface area (Å²) in [5.74, 6) is 0. The lowest BCUT2D eigenvalue weighted by Crippen LogP contribution is -2.30. The van der Waals surface area contributed by atoms with Crippen molar-refractivity contribution >= 4 is 11.4 Å². The molecule has 98 valence electrons. The molecule has 1 aromatic rings. The molecule has 5 heteroatoms. The van der Waals surface area contributed by atoms with E-state index in [4.69, 9.17) is 0 Å². The summed E-state index contributed by atoms with van der Waals surface area (Å²) in [5, 5.41) is 14.2. The number of nitrogens with one attached hydrogen (secondary N) is 1. The molecule has 0 amide bonds. The third-order valence-corrected chi connectivity index (χ3v) is 3.70. The van der Waals surface area contributed by atoms with E-state index in [1.165, 1.54) is 6.20 Å². The van der Waals surface area contributed by atoms with E-state index in [-0.39, 0.29) is 10.6 Å². The minimum atomic E-state index is -0.387. The summed E-state index contributed by atoms with van der Waals surface area (Å²) in [6, 6.07) is 2.01. The topological polar surface area (TPSA) is 68.1 Å². The highest BCUT2D eigenvalue weighted by Crippen LogP contribution is 2.36. The maximum absolute atomic E-state index is 10.9. The van der Waals surface area contributed by atoms with E-state index < -0.39 is 0 Å². The zero-order chi connectivity index (χ0) is 13.2. The minimum absolute atomic E-state index is 0.0577. The van der Waals surface area contributed by atoms with E-state index in [1.807, 2.05) is 0 Å². The average molecular weight is 249 g/mol. The molecule has 0 bridgehead atoms. The molecule has 18 heavy (non-hydrogen) atoms. The Hall–Kier alpha value is -1.65. The molecule has 1 heterocycles. The van der Waals surface area contributed by atoms with Gasteiger partial charge in [0.05, 0.1) is 4.92 Å². The Morgan fingerprint density at radius 2 is 2.11 bits per heavy atom. The van der Waals surface area contributed by atoms with E-state index in [9.17, 15) is 10.1 Å². The molecule has 1 saturated carbocycles. The Kier molecular flexibility index (Phi) is 3.50. The van der Waals surface area contributed by atoms with Gasteiger partial charge in [-0.05, 0) is 37.2 Å². The van der Waals surface area contributed by atoms with Gasteiger partial charge in [0.15, 0.2) is 0 Å². The van der Waals surface area contributed by atoms with E-state index in [0.29, 0.717) is 17.1 Å². The van der Waals surface area contributed by atoms with Crippen molar-refractivity contribution in [2.75, 3.05) is 5.32 Å². The highest BCUT2D eigenvalue weighted by atomic mass is 16.6. The smallest absolute Gasteiger partial charge is 0.310 e. The maximum Gasteiger partial charge on any atom is 0.310 e. The van der Waals surface area contributed by atoms with E-state index in [0.717, 1.165) is 25.7 Å². The summed E-state index contributed by atoms with van der Waals surface area (Å²) in [7, 11) is 0. The first kappa shape index (κ1) is 12.8. The van der Waals surface area contributed by atoms with Gasteiger partial charge >= 0.3 is 5.69 Å². The Bertz CT molecular complexity index is 436. The van der Waals surface area contributed by atoms with Gasteiger partial charge in [-0.1, -0.05) is 13.8 Å². The zero-order valence-corrected chi connectivity index (χ0v) is 10.8. The van der Waals surface area contributed by atoms with Crippen molar-refractivity contribution < 1.29 is 4.92 Å². The molecule has 1 aromatic heterocycles. The van der Waals surface area contributed by atoms with Gasteiger partial charge in [-0.15, -0.1) is 0 Å². The van der Waals surface area contributed by atoms with Gasteiger partial charge in [-0.2, -0.15) is 0 Å². The SMILES string of the molecule is CC1(C)CCC(Nc2ccncc2[N+](=O)[O-])CC1. The molecule has 2 rings (SSSR count). The van der Waals surface area contributed by atoms with Crippen LogP contribution in [0.25, 0.3) is 0 Å². The third kappa shape index (κ3) is 2.97. The molecule has 0 radical (unpaired) electrons. The standard InChI is InChI=1S/C13H19N3O2/c1-13(2)6-3-10(4-7-13)15-11-5-8-14-9-12(11)16(17)18/h5,8-10H,3-4,6-7H2,1-2H3,(H,14,15). The Balaban J connectivity index is 2.04. The first-order chi connectivity index (χ1) is 8.48. The second-order valence-electron chi connectivity index (χ2n) is 5.73. The molecule has 0 spiro atoms. The summed E-state index contributed by atoms with van der Waals surface area (Å²) >= 11 is 0. The average Bonchev–Trinajstić information content (AvgIpc) is 2.32. The first-order valence-electron chi connectivity index (χ1n) is 6.33. The molecule has 5 nitrogen and oxygen atoms in total. The molecule has 0 saturated heterocycles. The van der Waals surface area contributed by atoms with E-state index >= 15 is 0 Å². The van der Waals surface area contributed by atoms with Crippen LogP contribution in [-0.4, -0.2) is 15.9 Å². The number of pyridine rings is 1. The van der Waals surface area contributed by atoms with Gasteiger partial charge in [0.1, 0.15) is 11.9 Å². The first-order valence-corrected chi connectivity index (χ1v) is 6.33. The molecule has 1 aliphatic carbocycles. The molecule has 0 aromatic carbocycles. The van der Waals surface area contributed by atoms with Crippen LogP contribution < -0.4 is 5.32 Å². The lowest BCUT2D eigenvalue weighted by molar-refractivity contribution is -0.384. The van der Waals surface area contributed by atoms with Crippen LogP contribution in [0.4, 0.5) is 11.4 Å². The molecule has 1 N–H and O–H groups in total. The van der Waals surface area contributed by atoms with Crippen LogP contribution in [0.5, 0.6) is 0 Å². The van der Waals surface area contributed by atoms with Gasteiger partial charge < -0.3 is 5.32 Å². The normalized spacial score (nSPS) is 19.4. The zero-order valence-electron chi connectivity index (χ0n) is 10.8. The number of hydrogen-bond acceptors (Lipinski definition) is 4. The quantitative estimate of drug-likeness (QED) is 0.658. The monoisotopic (exact) mass is 249 g/mol. The molecule has 1 fully saturated rings. The van der Waals surface area contributed by atoms with Gasteiger partial charge in [-0.3, -0.25) is 15.1 Å². The largest absolute Gasteiger partial charge is 0.377 e. The van der Waals surface area contributed by atoms with Crippen LogP contribution in [0.3, 0.4) is 0 Å². The van der Waals surface area contributed by atoms with Crippen molar-refractivity contribution in [1.29, 1.82) is 0 Å². The van der Waals surface area contributed by atoms with Crippen LogP contribution in [0, 0.1) is 15.5 Å². The highest BCUT2D eigenvalue weighted by Gasteiger charge is 2.27. The van der Waals surface area contributed by atoms with Gasteiger partial charge in [0, 0.05) is 12.2 Å². The maximum atomic E-state index is 10.9. The van der Waals surface area contributed by atoms with Crippen LogP contribution >= 0.6 is 0 Å². The number of anilines is 1. The minimum Gasteiger partial charge on any atom is -0.377 e. The molecular formula is C13H19N3O2. The molecule has 0 aliphatic heterocycles. The summed E-state index contributed by atoms with van der Waals surface area (Å²) in [6.45, 7) is 4.55. The Labute approximate surface area is 107 Å². The van der Waals surface area contributed by atoms with Crippen LogP contribution in [0.15, 0.2) is 18.5 Å². The van der Waals surface area contributed by atoms with E-state index in [2.05, 4.69) is 24.1 Å². The second-order valence-corrected chi connectivity index (χ2v) is 5.73. The predicted octanol–water partition coefficient (Wildman–Crippen LogP) is 3.37. The second kappa shape index (κ2) is 4.92. The fourth-order valence-corrected chi connectivity index (χ4v) is 2.42. The number of rotatable bonds is 3. The van der Waals surface area contributed by atoms with Crippen molar-refractivity contribution in [1.82, 2.24) is 4.98 Å². The van der Waals surface area contributed by atoms with Crippen LogP contribution in [-0.2, 0) is 0 Å². The molecule has 1 aliphatic rings. The van der Waals surface area contributed by atoms with Crippen molar-refractivity contribution in [3.8, 4) is 0 Å². The third-order valence-electron chi connectivity index (χ3n) is 3.70. The van der Waals surface area contributed by atoms with Gasteiger partial charge in [0.2, 0.25) is 0 Å². The van der Waals surface area contributed by atoms with Crippen LogP contribution in [0.2, 0.25) is 0 Å². The fraction of sp³-hybridized carbons (Fsp3) is 0.615. The molecule has 0 unspecified atom stereocenters. The Morgan fingerprint density at radius 1 is 1.44 bits per heavy atom. The highest BCUT2D eigenvalue weighted by molar-refractivity contribution is 5.60. The number of nitro groups is 1. The summed E-state index contributed by atoms with van der Waals surface area (Å²) in [4.78, 5) is 14.3. The van der Waals surface area contributed by atoms with Crippen molar-refractivity contribution in [2.24, 2.45) is 5.41 Å². The molecular weight excluding hydrogens is 230 g/mol. The van der Waals surface area contributed by atoms with Crippen molar-refractivity contribution in [3.05, 3.63) is 28.6 Å².